The number of benzene rings is 3. The lowest BCUT2D eigenvalue weighted by molar-refractivity contribution is -0.150. The van der Waals surface area contributed by atoms with Gasteiger partial charge >= 0.3 is 5.97 Å². The highest BCUT2D eigenvalue weighted by Crippen LogP contribution is 2.36. The number of esters is 1. The minimum absolute atomic E-state index is 0.167. The number of aryl methyl sites for hydroxylation is 1. The first kappa shape index (κ1) is 31.7. The van der Waals surface area contributed by atoms with E-state index in [1.165, 1.54) is 18.0 Å². The molecule has 0 N–H and O–H groups in total. The lowest BCUT2D eigenvalue weighted by Gasteiger charge is -2.19. The van der Waals surface area contributed by atoms with Gasteiger partial charge in [-0.05, 0) is 81.1 Å². The Kier molecular flexibility index (Phi) is 10.2. The first-order chi connectivity index (χ1) is 20.6. The zero-order valence-electron chi connectivity index (χ0n) is 25.4. The van der Waals surface area contributed by atoms with Crippen molar-refractivity contribution < 1.29 is 23.7 Å². The monoisotopic (exact) mass is 649 g/mol. The van der Waals surface area contributed by atoms with Gasteiger partial charge in [0.1, 0.15) is 5.75 Å². The van der Waals surface area contributed by atoms with Crippen LogP contribution in [0.4, 0.5) is 0 Å². The van der Waals surface area contributed by atoms with Crippen LogP contribution in [0.5, 0.6) is 17.2 Å². The Morgan fingerprint density at radius 3 is 2.49 bits per heavy atom. The van der Waals surface area contributed by atoms with Crippen LogP contribution < -0.4 is 19.8 Å². The van der Waals surface area contributed by atoms with E-state index in [0.29, 0.717) is 39.1 Å². The van der Waals surface area contributed by atoms with E-state index < -0.39 is 12.1 Å². The Balaban J connectivity index is 1.94. The molecule has 10 heteroatoms. The average molecular weight is 651 g/mol. The zero-order chi connectivity index (χ0) is 31.3. The number of carbonyl (C=O) groups is 1. The molecule has 0 aliphatic carbocycles. The zero-order valence-corrected chi connectivity index (χ0v) is 27.0. The van der Waals surface area contributed by atoms with Crippen LogP contribution in [-0.4, -0.2) is 48.3 Å². The number of carbonyl (C=O) groups excluding carboxylic acids is 1. The Hall–Kier alpha value is -4.18. The molecule has 0 amide bonds. The summed E-state index contributed by atoms with van der Waals surface area (Å²) in [6.07, 6.45) is 0.582. The third-order valence-corrected chi connectivity index (χ3v) is 7.22. The van der Waals surface area contributed by atoms with Crippen molar-refractivity contribution in [3.8, 4) is 28.6 Å². The van der Waals surface area contributed by atoms with Crippen LogP contribution in [0.15, 0.2) is 62.9 Å². The van der Waals surface area contributed by atoms with E-state index in [1.807, 2.05) is 38.1 Å². The van der Waals surface area contributed by atoms with Crippen LogP contribution >= 0.6 is 15.9 Å². The van der Waals surface area contributed by atoms with Gasteiger partial charge in [0.15, 0.2) is 23.4 Å². The fraction of sp³-hybridized carbons (Fsp3) is 0.333. The van der Waals surface area contributed by atoms with Crippen LogP contribution in [-0.2, 0) is 9.53 Å². The Morgan fingerprint density at radius 1 is 1.07 bits per heavy atom. The molecule has 9 nitrogen and oxygen atoms in total. The summed E-state index contributed by atoms with van der Waals surface area (Å²) in [6.45, 7) is 12.2. The number of methoxy groups -OCH3 is 1. The third kappa shape index (κ3) is 6.91. The first-order valence-corrected chi connectivity index (χ1v) is 14.9. The van der Waals surface area contributed by atoms with E-state index in [4.69, 9.17) is 23.9 Å². The quantitative estimate of drug-likeness (QED) is 0.129. The molecule has 4 rings (SSSR count). The number of fused-ring (bicyclic) bond motifs is 1. The number of nitrogens with zero attached hydrogens (tertiary/aromatic N) is 3. The van der Waals surface area contributed by atoms with Gasteiger partial charge in [0.2, 0.25) is 0 Å². The van der Waals surface area contributed by atoms with E-state index in [9.17, 15) is 9.59 Å². The molecule has 226 valence electrons. The molecule has 43 heavy (non-hydrogen) atoms. The molecular formula is C33H36BrN3O6. The van der Waals surface area contributed by atoms with E-state index in [0.717, 1.165) is 22.4 Å². The lowest BCUT2D eigenvalue weighted by Crippen LogP contribution is -2.26. The molecule has 0 unspecified atom stereocenters. The van der Waals surface area contributed by atoms with E-state index in [2.05, 4.69) is 34.9 Å². The molecule has 4 aromatic rings. The Morgan fingerprint density at radius 2 is 1.81 bits per heavy atom. The molecule has 3 aromatic carbocycles. The average Bonchev–Trinajstić information content (AvgIpc) is 2.97. The molecule has 0 bridgehead atoms. The molecule has 0 saturated heterocycles. The fourth-order valence-corrected chi connectivity index (χ4v) is 5.10. The van der Waals surface area contributed by atoms with Gasteiger partial charge in [0.05, 0.1) is 37.4 Å². The molecule has 0 aliphatic heterocycles. The molecule has 0 aliphatic rings. The maximum atomic E-state index is 13.9. The summed E-state index contributed by atoms with van der Waals surface area (Å²) in [5.74, 6) is 1.49. The van der Waals surface area contributed by atoms with Crippen LogP contribution in [0.25, 0.3) is 22.3 Å². The summed E-state index contributed by atoms with van der Waals surface area (Å²) in [7, 11) is 1.50. The summed E-state index contributed by atoms with van der Waals surface area (Å²) in [6, 6.07) is 14.6. The van der Waals surface area contributed by atoms with E-state index in [-0.39, 0.29) is 23.8 Å². The van der Waals surface area contributed by atoms with Gasteiger partial charge in [-0.1, -0.05) is 41.9 Å². The normalized spacial score (nSPS) is 12.1. The van der Waals surface area contributed by atoms with E-state index in [1.54, 1.807) is 38.1 Å². The summed E-state index contributed by atoms with van der Waals surface area (Å²) in [5, 5.41) is 5.08. The minimum Gasteiger partial charge on any atom is -0.494 e. The summed E-state index contributed by atoms with van der Waals surface area (Å²) < 4.78 is 24.6. The summed E-state index contributed by atoms with van der Waals surface area (Å²) >= 11 is 3.50. The lowest BCUT2D eigenvalue weighted by atomic mass is 9.96. The van der Waals surface area contributed by atoms with Gasteiger partial charge in [-0.15, -0.1) is 0 Å². The van der Waals surface area contributed by atoms with Crippen molar-refractivity contribution in [2.24, 2.45) is 5.10 Å². The van der Waals surface area contributed by atoms with Crippen LogP contribution in [0.2, 0.25) is 0 Å². The van der Waals surface area contributed by atoms with Gasteiger partial charge in [-0.3, -0.25) is 4.79 Å². The highest BCUT2D eigenvalue weighted by Gasteiger charge is 2.22. The van der Waals surface area contributed by atoms with Crippen LogP contribution in [0.1, 0.15) is 57.2 Å². The number of ether oxygens (including phenoxy) is 4. The second kappa shape index (κ2) is 13.9. The topological polar surface area (TPSA) is 101 Å². The van der Waals surface area contributed by atoms with Crippen molar-refractivity contribution >= 4 is 39.0 Å². The number of halogens is 1. The standard InChI is InChI=1S/C33H36BrN3O6/c1-8-41-28-14-20(5)26(17-25(28)19(3)4)31-36-27-13-11-10-12-24(27)32(38)37(31)35-18-22-15-23(34)16-29(40-7)30(22)43-21(6)33(39)42-9-2/h10-19,21H,8-9H2,1-7H3/t21-/m1/s1. The second-order valence-electron chi connectivity index (χ2n) is 10.1. The highest BCUT2D eigenvalue weighted by molar-refractivity contribution is 9.10. The first-order valence-electron chi connectivity index (χ1n) is 14.1. The molecular weight excluding hydrogens is 614 g/mol. The van der Waals surface area contributed by atoms with Gasteiger partial charge in [-0.25, -0.2) is 9.78 Å². The van der Waals surface area contributed by atoms with Crippen molar-refractivity contribution in [1.29, 1.82) is 0 Å². The van der Waals surface area contributed by atoms with Crippen molar-refractivity contribution in [1.82, 2.24) is 9.66 Å². The Bertz CT molecular complexity index is 1730. The van der Waals surface area contributed by atoms with Crippen molar-refractivity contribution in [3.63, 3.8) is 0 Å². The molecule has 0 saturated carbocycles. The molecule has 1 atom stereocenters. The number of hydrogen-bond donors (Lipinski definition) is 0. The fourth-order valence-electron chi connectivity index (χ4n) is 4.64. The molecule has 0 radical (unpaired) electrons. The summed E-state index contributed by atoms with van der Waals surface area (Å²) in [4.78, 5) is 31.2. The highest BCUT2D eigenvalue weighted by atomic mass is 79.9. The number of para-hydroxylation sites is 1. The summed E-state index contributed by atoms with van der Waals surface area (Å²) in [5.41, 5.74) is 3.34. The SMILES string of the molecule is CCOC(=O)[C@@H](C)Oc1c(C=Nn2c(-c3cc(C(C)C)c(OCC)cc3C)nc3ccccc3c2=O)cc(Br)cc1OC. The predicted molar refractivity (Wildman–Crippen MR) is 172 cm³/mol. The van der Waals surface area contributed by atoms with Crippen molar-refractivity contribution in [2.45, 2.75) is 53.6 Å². The minimum atomic E-state index is -0.913. The molecule has 0 spiro atoms. The maximum absolute atomic E-state index is 13.9. The Labute approximate surface area is 259 Å². The van der Waals surface area contributed by atoms with Gasteiger partial charge in [0, 0.05) is 15.6 Å². The van der Waals surface area contributed by atoms with Crippen molar-refractivity contribution in [2.75, 3.05) is 20.3 Å². The number of hydrogen-bond acceptors (Lipinski definition) is 8. The van der Waals surface area contributed by atoms with Gasteiger partial charge in [-0.2, -0.15) is 9.78 Å². The van der Waals surface area contributed by atoms with E-state index >= 15 is 0 Å². The van der Waals surface area contributed by atoms with Crippen LogP contribution in [0, 0.1) is 6.92 Å². The largest absolute Gasteiger partial charge is 0.494 e. The van der Waals surface area contributed by atoms with Crippen molar-refractivity contribution in [3.05, 3.63) is 80.0 Å². The molecule has 1 aromatic heterocycles. The van der Waals surface area contributed by atoms with Gasteiger partial charge < -0.3 is 18.9 Å². The van der Waals surface area contributed by atoms with Crippen LogP contribution in [0.3, 0.4) is 0 Å². The molecule has 1 heterocycles. The number of rotatable bonds is 11. The smallest absolute Gasteiger partial charge is 0.347 e. The maximum Gasteiger partial charge on any atom is 0.347 e. The second-order valence-corrected chi connectivity index (χ2v) is 11.1. The molecule has 0 fully saturated rings. The van der Waals surface area contributed by atoms with Gasteiger partial charge in [0.25, 0.3) is 5.56 Å². The third-order valence-electron chi connectivity index (χ3n) is 6.77. The number of aromatic nitrogens is 2. The predicted octanol–water partition coefficient (Wildman–Crippen LogP) is 6.88.